The van der Waals surface area contributed by atoms with Crippen molar-refractivity contribution >= 4 is 33.6 Å². The molecule has 0 spiro atoms. The largest absolute Gasteiger partial charge is 0.454 e. The average Bonchev–Trinajstić information content (AvgIpc) is 3.14. The Balaban J connectivity index is 1.62. The van der Waals surface area contributed by atoms with Crippen molar-refractivity contribution in [2.75, 3.05) is 11.7 Å². The van der Waals surface area contributed by atoms with Gasteiger partial charge in [0.25, 0.3) is 5.91 Å². The van der Waals surface area contributed by atoms with Crippen LogP contribution in [0.2, 0.25) is 0 Å². The Morgan fingerprint density at radius 3 is 2.46 bits per heavy atom. The number of ether oxygens (including phenoxy) is 2. The zero-order chi connectivity index (χ0) is 18.4. The van der Waals surface area contributed by atoms with Crippen molar-refractivity contribution in [2.24, 2.45) is 0 Å². The number of halogens is 1. The van der Waals surface area contributed by atoms with Gasteiger partial charge in [0.15, 0.2) is 11.5 Å². The summed E-state index contributed by atoms with van der Waals surface area (Å²) in [7, 11) is 0. The second-order valence-electron chi connectivity index (χ2n) is 6.39. The Morgan fingerprint density at radius 2 is 1.77 bits per heavy atom. The van der Waals surface area contributed by atoms with Crippen molar-refractivity contribution in [3.8, 4) is 11.5 Å². The molecule has 6 nitrogen and oxygen atoms in total. The van der Waals surface area contributed by atoms with E-state index in [1.165, 1.54) is 9.80 Å². The number of urea groups is 1. The van der Waals surface area contributed by atoms with E-state index in [-0.39, 0.29) is 25.3 Å². The molecule has 0 radical (unpaired) electrons. The second-order valence-corrected chi connectivity index (χ2v) is 7.24. The Bertz CT molecular complexity index is 897. The summed E-state index contributed by atoms with van der Waals surface area (Å²) in [4.78, 5) is 28.4. The number of nitrogens with zero attached hydrogens (tertiary/aromatic N) is 2. The number of rotatable bonds is 3. The highest BCUT2D eigenvalue weighted by Crippen LogP contribution is 2.38. The van der Waals surface area contributed by atoms with E-state index in [2.05, 4.69) is 15.9 Å². The van der Waals surface area contributed by atoms with Crippen molar-refractivity contribution in [3.63, 3.8) is 0 Å². The average molecular weight is 417 g/mol. The van der Waals surface area contributed by atoms with Crippen LogP contribution in [0.1, 0.15) is 18.1 Å². The van der Waals surface area contributed by atoms with E-state index in [1.807, 2.05) is 31.2 Å². The number of carbonyl (C=O) groups is 2. The molecule has 2 aromatic rings. The van der Waals surface area contributed by atoms with Crippen LogP contribution in [-0.2, 0) is 11.3 Å². The van der Waals surface area contributed by atoms with Crippen LogP contribution >= 0.6 is 15.9 Å². The van der Waals surface area contributed by atoms with Gasteiger partial charge in [-0.25, -0.2) is 4.79 Å². The fraction of sp³-hybridized carbons (Fsp3) is 0.263. The minimum atomic E-state index is -0.544. The van der Waals surface area contributed by atoms with E-state index in [1.54, 1.807) is 19.1 Å². The number of fused-ring (bicyclic) bond motifs is 1. The minimum Gasteiger partial charge on any atom is -0.454 e. The van der Waals surface area contributed by atoms with Crippen LogP contribution in [-0.4, -0.2) is 29.7 Å². The fourth-order valence-corrected chi connectivity index (χ4v) is 3.61. The molecule has 0 bridgehead atoms. The lowest BCUT2D eigenvalue weighted by Crippen LogP contribution is -2.33. The molecule has 1 atom stereocenters. The second kappa shape index (κ2) is 6.32. The molecule has 0 N–H and O–H groups in total. The Hall–Kier alpha value is -2.54. The molecule has 2 aliphatic heterocycles. The van der Waals surface area contributed by atoms with Gasteiger partial charge in [-0.2, -0.15) is 0 Å². The van der Waals surface area contributed by atoms with E-state index in [9.17, 15) is 9.59 Å². The van der Waals surface area contributed by atoms with Gasteiger partial charge in [-0.05, 0) is 43.7 Å². The van der Waals surface area contributed by atoms with E-state index in [4.69, 9.17) is 9.47 Å². The molecular formula is C19H17BrN2O4. The maximum Gasteiger partial charge on any atom is 0.332 e. The molecule has 2 heterocycles. The molecule has 0 aliphatic carbocycles. The summed E-state index contributed by atoms with van der Waals surface area (Å²) in [5.74, 6) is 1.04. The third-order valence-electron chi connectivity index (χ3n) is 4.63. The van der Waals surface area contributed by atoms with Gasteiger partial charge >= 0.3 is 6.03 Å². The fourth-order valence-electron chi connectivity index (χ4n) is 3.16. The number of amides is 3. The number of aryl methyl sites for hydroxylation is 1. The summed E-state index contributed by atoms with van der Waals surface area (Å²) in [6, 6.07) is 10.3. The quantitative estimate of drug-likeness (QED) is 0.713. The van der Waals surface area contributed by atoms with Crippen molar-refractivity contribution in [3.05, 3.63) is 52.0 Å². The van der Waals surface area contributed by atoms with Crippen molar-refractivity contribution in [1.29, 1.82) is 0 Å². The van der Waals surface area contributed by atoms with Gasteiger partial charge in [0.05, 0.1) is 6.54 Å². The maximum absolute atomic E-state index is 12.9. The molecule has 1 fully saturated rings. The van der Waals surface area contributed by atoms with Crippen LogP contribution in [0.25, 0.3) is 0 Å². The molecule has 2 aromatic carbocycles. The van der Waals surface area contributed by atoms with Crippen LogP contribution in [0, 0.1) is 6.92 Å². The van der Waals surface area contributed by atoms with Gasteiger partial charge in [-0.3, -0.25) is 14.6 Å². The van der Waals surface area contributed by atoms with Crippen molar-refractivity contribution in [2.45, 2.75) is 26.4 Å². The number of hydrogen-bond donors (Lipinski definition) is 0. The molecule has 7 heteroatoms. The Kier molecular flexibility index (Phi) is 4.11. The SMILES string of the molecule is Cc1ccc(N2C(=O)N(Cc3cc4c(cc3Br)OCO4)C(=O)[C@@H]2C)cc1. The highest BCUT2D eigenvalue weighted by atomic mass is 79.9. The van der Waals surface area contributed by atoms with Crippen molar-refractivity contribution < 1.29 is 19.1 Å². The van der Waals surface area contributed by atoms with E-state index >= 15 is 0 Å². The predicted molar refractivity (Wildman–Crippen MR) is 99.3 cm³/mol. The zero-order valence-electron chi connectivity index (χ0n) is 14.4. The lowest BCUT2D eigenvalue weighted by Gasteiger charge is -2.20. The topological polar surface area (TPSA) is 59.1 Å². The lowest BCUT2D eigenvalue weighted by atomic mass is 10.2. The van der Waals surface area contributed by atoms with Crippen LogP contribution in [0.5, 0.6) is 11.5 Å². The van der Waals surface area contributed by atoms with Crippen molar-refractivity contribution in [1.82, 2.24) is 4.90 Å². The first-order valence-electron chi connectivity index (χ1n) is 8.25. The van der Waals surface area contributed by atoms with Gasteiger partial charge in [0, 0.05) is 10.2 Å². The number of benzene rings is 2. The molecule has 3 amide bonds. The Labute approximate surface area is 159 Å². The highest BCUT2D eigenvalue weighted by molar-refractivity contribution is 9.10. The molecular weight excluding hydrogens is 400 g/mol. The van der Waals surface area contributed by atoms with Gasteiger partial charge in [0.2, 0.25) is 6.79 Å². The summed E-state index contributed by atoms with van der Waals surface area (Å²) in [5, 5.41) is 0. The van der Waals surface area contributed by atoms with E-state index < -0.39 is 6.04 Å². The lowest BCUT2D eigenvalue weighted by molar-refractivity contribution is -0.127. The van der Waals surface area contributed by atoms with Gasteiger partial charge in [-0.15, -0.1) is 0 Å². The molecule has 4 rings (SSSR count). The van der Waals surface area contributed by atoms with Gasteiger partial charge < -0.3 is 9.47 Å². The molecule has 1 saturated heterocycles. The van der Waals surface area contributed by atoms with Crippen LogP contribution in [0.4, 0.5) is 10.5 Å². The first-order chi connectivity index (χ1) is 12.5. The van der Waals surface area contributed by atoms with Gasteiger partial charge in [0.1, 0.15) is 6.04 Å². The Morgan fingerprint density at radius 1 is 1.12 bits per heavy atom. The number of hydrogen-bond acceptors (Lipinski definition) is 4. The summed E-state index contributed by atoms with van der Waals surface area (Å²) >= 11 is 3.48. The highest BCUT2D eigenvalue weighted by Gasteiger charge is 2.43. The van der Waals surface area contributed by atoms with Crippen LogP contribution in [0.3, 0.4) is 0 Å². The van der Waals surface area contributed by atoms with Crippen LogP contribution < -0.4 is 14.4 Å². The standard InChI is InChI=1S/C19H17BrN2O4/c1-11-3-5-14(6-4-11)22-12(2)18(23)21(19(22)24)9-13-7-16-17(8-15(13)20)26-10-25-16/h3-8,12H,9-10H2,1-2H3/t12-/m0/s1. The minimum absolute atomic E-state index is 0.168. The number of anilines is 1. The number of imide groups is 1. The smallest absolute Gasteiger partial charge is 0.332 e. The third-order valence-corrected chi connectivity index (χ3v) is 5.37. The number of carbonyl (C=O) groups excluding carboxylic acids is 2. The molecule has 2 aliphatic rings. The maximum atomic E-state index is 12.9. The first-order valence-corrected chi connectivity index (χ1v) is 9.04. The summed E-state index contributed by atoms with van der Waals surface area (Å²) in [5.41, 5.74) is 2.60. The summed E-state index contributed by atoms with van der Waals surface area (Å²) in [6.45, 7) is 4.06. The molecule has 0 saturated carbocycles. The molecule has 26 heavy (non-hydrogen) atoms. The van der Waals surface area contributed by atoms with Gasteiger partial charge in [-0.1, -0.05) is 33.6 Å². The first kappa shape index (κ1) is 16.9. The summed E-state index contributed by atoms with van der Waals surface area (Å²) in [6.07, 6.45) is 0. The normalized spacial score (nSPS) is 18.8. The summed E-state index contributed by atoms with van der Waals surface area (Å²) < 4.78 is 11.5. The van der Waals surface area contributed by atoms with E-state index in [0.717, 1.165) is 15.6 Å². The van der Waals surface area contributed by atoms with E-state index in [0.29, 0.717) is 17.2 Å². The third kappa shape index (κ3) is 2.72. The zero-order valence-corrected chi connectivity index (χ0v) is 15.9. The predicted octanol–water partition coefficient (Wildman–Crippen LogP) is 3.84. The molecule has 134 valence electrons. The van der Waals surface area contributed by atoms with Crippen LogP contribution in [0.15, 0.2) is 40.9 Å². The molecule has 0 aromatic heterocycles. The molecule has 0 unspecified atom stereocenters. The monoisotopic (exact) mass is 416 g/mol.